The van der Waals surface area contributed by atoms with Gasteiger partial charge in [0.05, 0.1) is 6.04 Å². The first-order chi connectivity index (χ1) is 15.6. The summed E-state index contributed by atoms with van der Waals surface area (Å²) in [6, 6.07) is 12.8. The Morgan fingerprint density at radius 1 is 1.09 bits per heavy atom. The monoisotopic (exact) mass is 458 g/mol. The zero-order chi connectivity index (χ0) is 24.3. The molecule has 3 rings (SSSR count). The van der Waals surface area contributed by atoms with Gasteiger partial charge in [0.2, 0.25) is 0 Å². The zero-order valence-electron chi connectivity index (χ0n) is 18.3. The Morgan fingerprint density at radius 3 is 2.39 bits per heavy atom. The van der Waals surface area contributed by atoms with Crippen molar-refractivity contribution in [2.75, 3.05) is 11.1 Å². The first kappa shape index (κ1) is 23.7. The van der Waals surface area contributed by atoms with Gasteiger partial charge in [-0.3, -0.25) is 18.7 Å². The first-order valence-corrected chi connectivity index (χ1v) is 10.1. The zero-order valence-corrected chi connectivity index (χ0v) is 18.3. The normalized spacial score (nSPS) is 11.9. The maximum absolute atomic E-state index is 13.0. The molecule has 1 atom stereocenters. The molecular formula is C23H24F2N4O4. The molecule has 0 saturated carbocycles. The molecule has 33 heavy (non-hydrogen) atoms. The van der Waals surface area contributed by atoms with Crippen LogP contribution in [0.25, 0.3) is 0 Å². The number of anilines is 2. The average Bonchev–Trinajstić information content (AvgIpc) is 2.78. The van der Waals surface area contributed by atoms with E-state index in [1.165, 1.54) is 33.2 Å². The molecule has 0 aliphatic carbocycles. The van der Waals surface area contributed by atoms with Gasteiger partial charge < -0.3 is 15.8 Å². The van der Waals surface area contributed by atoms with Crippen molar-refractivity contribution in [2.24, 2.45) is 14.1 Å². The van der Waals surface area contributed by atoms with E-state index in [1.54, 1.807) is 6.07 Å². The number of rotatable bonds is 8. The first-order valence-electron chi connectivity index (χ1n) is 10.1. The summed E-state index contributed by atoms with van der Waals surface area (Å²) in [4.78, 5) is 37.5. The molecule has 0 aliphatic heterocycles. The minimum atomic E-state index is -2.98. The molecule has 0 fully saturated rings. The highest BCUT2D eigenvalue weighted by Crippen LogP contribution is 2.27. The molecule has 0 spiro atoms. The number of ether oxygens (including phenoxy) is 1. The van der Waals surface area contributed by atoms with Gasteiger partial charge in [-0.2, -0.15) is 8.78 Å². The molecule has 3 aromatic rings. The van der Waals surface area contributed by atoms with Crippen molar-refractivity contribution >= 4 is 17.3 Å². The predicted molar refractivity (Wildman–Crippen MR) is 121 cm³/mol. The number of nitrogens with zero attached hydrogens (tertiary/aromatic N) is 2. The van der Waals surface area contributed by atoms with Crippen molar-refractivity contribution in [1.82, 2.24) is 9.13 Å². The molecule has 0 bridgehead atoms. The number of benzene rings is 2. The van der Waals surface area contributed by atoms with E-state index in [-0.39, 0.29) is 17.1 Å². The van der Waals surface area contributed by atoms with Gasteiger partial charge in [-0.1, -0.05) is 30.3 Å². The number of nitrogens with two attached hydrogens (primary N) is 1. The Bertz CT molecular complexity index is 1290. The minimum Gasteiger partial charge on any atom is -0.435 e. The smallest absolute Gasteiger partial charge is 0.387 e. The van der Waals surface area contributed by atoms with Crippen LogP contribution in [-0.4, -0.2) is 27.6 Å². The molecule has 0 saturated heterocycles. The lowest BCUT2D eigenvalue weighted by molar-refractivity contribution is -0.0503. The average molecular weight is 458 g/mol. The molecule has 1 unspecified atom stereocenters. The lowest BCUT2D eigenvalue weighted by Crippen LogP contribution is -2.43. The van der Waals surface area contributed by atoms with Crippen molar-refractivity contribution < 1.29 is 18.3 Å². The fraction of sp³-hybridized carbons (Fsp3) is 0.261. The number of hydrogen-bond donors (Lipinski definition) is 2. The van der Waals surface area contributed by atoms with Crippen LogP contribution in [0.1, 0.15) is 28.4 Å². The summed E-state index contributed by atoms with van der Waals surface area (Å²) in [7, 11) is 2.63. The van der Waals surface area contributed by atoms with Crippen LogP contribution in [0.5, 0.6) is 5.75 Å². The van der Waals surface area contributed by atoms with Gasteiger partial charge in [0, 0.05) is 31.8 Å². The summed E-state index contributed by atoms with van der Waals surface area (Å²) in [6.07, 6.45) is 0.328. The Labute approximate surface area is 188 Å². The van der Waals surface area contributed by atoms with Crippen LogP contribution >= 0.6 is 0 Å². The largest absolute Gasteiger partial charge is 0.435 e. The van der Waals surface area contributed by atoms with Gasteiger partial charge in [0.1, 0.15) is 17.1 Å². The third-order valence-corrected chi connectivity index (χ3v) is 5.25. The van der Waals surface area contributed by atoms with Crippen LogP contribution < -0.4 is 27.0 Å². The highest BCUT2D eigenvalue weighted by molar-refractivity contribution is 6.04. The molecule has 2 aromatic carbocycles. The number of alkyl halides is 2. The van der Waals surface area contributed by atoms with E-state index in [1.807, 2.05) is 30.3 Å². The quantitative estimate of drug-likeness (QED) is 0.503. The second-order valence-electron chi connectivity index (χ2n) is 7.56. The van der Waals surface area contributed by atoms with E-state index in [2.05, 4.69) is 10.1 Å². The molecule has 0 aliphatic rings. The minimum absolute atomic E-state index is 0.0227. The fourth-order valence-electron chi connectivity index (χ4n) is 3.46. The predicted octanol–water partition coefficient (Wildman–Crippen LogP) is 2.54. The van der Waals surface area contributed by atoms with Crippen LogP contribution in [0.3, 0.4) is 0 Å². The van der Waals surface area contributed by atoms with Crippen molar-refractivity contribution in [3.8, 4) is 5.75 Å². The molecule has 1 heterocycles. The number of carbonyl (C=O) groups excluding carboxylic acids is 1. The van der Waals surface area contributed by atoms with Crippen LogP contribution in [-0.2, 0) is 20.5 Å². The topological polar surface area (TPSA) is 108 Å². The third-order valence-electron chi connectivity index (χ3n) is 5.25. The summed E-state index contributed by atoms with van der Waals surface area (Å²) >= 11 is 0. The Hall–Kier alpha value is -3.95. The SMILES string of the molecule is CC(Nc1ccc(OC(F)F)c(Cc2ccccc2)c1)C(=O)c1c(N)n(C)c(=O)n(C)c1=O. The van der Waals surface area contributed by atoms with E-state index in [4.69, 9.17) is 5.73 Å². The maximum atomic E-state index is 13.0. The highest BCUT2D eigenvalue weighted by atomic mass is 19.3. The van der Waals surface area contributed by atoms with Crippen LogP contribution in [0, 0.1) is 0 Å². The lowest BCUT2D eigenvalue weighted by atomic mass is 10.0. The Kier molecular flexibility index (Phi) is 6.95. The number of carbonyl (C=O) groups is 1. The lowest BCUT2D eigenvalue weighted by Gasteiger charge is -2.18. The van der Waals surface area contributed by atoms with Crippen molar-refractivity contribution in [1.29, 1.82) is 0 Å². The molecule has 0 radical (unpaired) electrons. The molecular weight excluding hydrogens is 434 g/mol. The number of nitrogens with one attached hydrogen (secondary N) is 1. The second-order valence-corrected chi connectivity index (χ2v) is 7.56. The van der Waals surface area contributed by atoms with E-state index >= 15 is 0 Å². The number of nitrogen functional groups attached to an aromatic ring is 1. The number of ketones is 1. The molecule has 10 heteroatoms. The van der Waals surface area contributed by atoms with Crippen molar-refractivity contribution in [3.05, 3.63) is 86.1 Å². The third kappa shape index (κ3) is 5.11. The van der Waals surface area contributed by atoms with Gasteiger partial charge in [-0.25, -0.2) is 4.79 Å². The molecule has 8 nitrogen and oxygen atoms in total. The fourth-order valence-corrected chi connectivity index (χ4v) is 3.46. The molecule has 174 valence electrons. The number of hydrogen-bond acceptors (Lipinski definition) is 6. The highest BCUT2D eigenvalue weighted by Gasteiger charge is 2.25. The van der Waals surface area contributed by atoms with E-state index in [0.29, 0.717) is 17.7 Å². The summed E-state index contributed by atoms with van der Waals surface area (Å²) in [5.41, 5.74) is 5.97. The summed E-state index contributed by atoms with van der Waals surface area (Å²) in [5, 5.41) is 2.97. The van der Waals surface area contributed by atoms with Crippen LogP contribution in [0.2, 0.25) is 0 Å². The number of aromatic nitrogens is 2. The molecule has 3 N–H and O–H groups in total. The van der Waals surface area contributed by atoms with E-state index in [0.717, 1.165) is 14.7 Å². The summed E-state index contributed by atoms with van der Waals surface area (Å²) in [5.74, 6) is -0.817. The second kappa shape index (κ2) is 9.68. The number of Topliss-reactive ketones (excluding diaryl/α,β-unsaturated/α-hetero) is 1. The molecule has 0 amide bonds. The number of halogens is 2. The summed E-state index contributed by atoms with van der Waals surface area (Å²) in [6.45, 7) is -1.45. The van der Waals surface area contributed by atoms with E-state index < -0.39 is 29.7 Å². The Morgan fingerprint density at radius 2 is 1.76 bits per heavy atom. The van der Waals surface area contributed by atoms with E-state index in [9.17, 15) is 23.2 Å². The van der Waals surface area contributed by atoms with Gasteiger partial charge in [0.25, 0.3) is 5.56 Å². The maximum Gasteiger partial charge on any atom is 0.387 e. The Balaban J connectivity index is 1.92. The van der Waals surface area contributed by atoms with Crippen molar-refractivity contribution in [3.63, 3.8) is 0 Å². The van der Waals surface area contributed by atoms with Crippen LogP contribution in [0.4, 0.5) is 20.3 Å². The van der Waals surface area contributed by atoms with Gasteiger partial charge in [-0.05, 0) is 30.7 Å². The van der Waals surface area contributed by atoms with Gasteiger partial charge in [-0.15, -0.1) is 0 Å². The van der Waals surface area contributed by atoms with Crippen molar-refractivity contribution in [2.45, 2.75) is 26.0 Å². The molecule has 1 aromatic heterocycles. The van der Waals surface area contributed by atoms with Crippen LogP contribution in [0.15, 0.2) is 58.1 Å². The van der Waals surface area contributed by atoms with Gasteiger partial charge >= 0.3 is 12.3 Å². The summed E-state index contributed by atoms with van der Waals surface area (Å²) < 4.78 is 32.2. The standard InChI is InChI=1S/C23H24F2N4O4/c1-13(19(30)18-20(26)28(2)23(32)29(3)21(18)31)27-16-9-10-17(33-22(24)25)15(12-16)11-14-7-5-4-6-8-14/h4-10,12-13,22,27H,11,26H2,1-3H3. The van der Waals surface area contributed by atoms with Gasteiger partial charge in [0.15, 0.2) is 5.78 Å².